The first-order valence-electron chi connectivity index (χ1n) is 25.7. The van der Waals surface area contributed by atoms with Crippen molar-refractivity contribution in [2.75, 3.05) is 59.5 Å². The van der Waals surface area contributed by atoms with Gasteiger partial charge in [0, 0.05) is 28.9 Å². The fourth-order valence-corrected chi connectivity index (χ4v) is 10.2. The molecule has 3 saturated heterocycles. The van der Waals surface area contributed by atoms with Crippen molar-refractivity contribution < 1.29 is 66.6 Å². The molecular formula is C56H76O14. The summed E-state index contributed by atoms with van der Waals surface area (Å²) in [5, 5.41) is 0. The number of carbonyl (C=O) groups excluding carboxylic acids is 5. The molecule has 2 aromatic carbocycles. The molecule has 4 fully saturated rings. The molecule has 1 saturated carbocycles. The molecule has 0 amide bonds. The Bertz CT molecular complexity index is 2020. The number of hydrogen-bond donors (Lipinski definition) is 0. The summed E-state index contributed by atoms with van der Waals surface area (Å²) in [4.78, 5) is 61.5. The first kappa shape index (κ1) is 53.8. The largest absolute Gasteiger partial charge is 0.508 e. The van der Waals surface area contributed by atoms with Crippen LogP contribution in [0.2, 0.25) is 0 Å². The van der Waals surface area contributed by atoms with Gasteiger partial charge < -0.3 is 42.6 Å². The third kappa shape index (κ3) is 16.0. The van der Waals surface area contributed by atoms with Gasteiger partial charge in [0.05, 0.1) is 5.41 Å². The molecule has 0 spiro atoms. The number of unbranched alkanes of at least 4 members (excludes halogenated alkanes) is 2. The summed E-state index contributed by atoms with van der Waals surface area (Å²) < 4.78 is 50.3. The number of benzene rings is 2. The second-order valence-electron chi connectivity index (χ2n) is 20.3. The Morgan fingerprint density at radius 2 is 1.09 bits per heavy atom. The van der Waals surface area contributed by atoms with E-state index in [0.29, 0.717) is 24.5 Å². The molecular weight excluding hydrogens is 897 g/mol. The smallest absolute Gasteiger partial charge is 0.492 e. The van der Waals surface area contributed by atoms with Gasteiger partial charge in [0.2, 0.25) is 0 Å². The van der Waals surface area contributed by atoms with E-state index in [4.69, 9.17) is 42.6 Å². The lowest BCUT2D eigenvalue weighted by Gasteiger charge is -2.36. The monoisotopic (exact) mass is 973 g/mol. The third-order valence-corrected chi connectivity index (χ3v) is 14.3. The Labute approximate surface area is 414 Å². The molecule has 0 N–H and O–H groups in total. The molecule has 0 radical (unpaired) electrons. The van der Waals surface area contributed by atoms with Gasteiger partial charge in [0.25, 0.3) is 0 Å². The van der Waals surface area contributed by atoms with Gasteiger partial charge in [-0.05, 0) is 148 Å². The average Bonchev–Trinajstić information content (AvgIpc) is 3.36. The van der Waals surface area contributed by atoms with Crippen LogP contribution in [0.5, 0.6) is 5.75 Å². The Morgan fingerprint density at radius 1 is 0.600 bits per heavy atom. The van der Waals surface area contributed by atoms with Crippen LogP contribution < -0.4 is 4.74 Å². The zero-order chi connectivity index (χ0) is 50.0. The topological polar surface area (TPSA) is 168 Å². The van der Waals surface area contributed by atoms with Crippen LogP contribution in [0.4, 0.5) is 14.4 Å². The lowest BCUT2D eigenvalue weighted by atomic mass is 9.76. The molecule has 14 heteroatoms. The summed E-state index contributed by atoms with van der Waals surface area (Å²) in [6, 6.07) is 11.5. The Morgan fingerprint density at radius 3 is 1.56 bits per heavy atom. The maximum atomic E-state index is 13.0. The molecule has 1 aliphatic carbocycles. The summed E-state index contributed by atoms with van der Waals surface area (Å²) >= 11 is 0. The predicted octanol–water partition coefficient (Wildman–Crippen LogP) is 11.8. The van der Waals surface area contributed by atoms with Crippen LogP contribution in [0.1, 0.15) is 139 Å². The van der Waals surface area contributed by atoms with Gasteiger partial charge in [0.1, 0.15) is 65.2 Å². The summed E-state index contributed by atoms with van der Waals surface area (Å²) in [6.07, 6.45) is 13.4. The lowest BCUT2D eigenvalue weighted by molar-refractivity contribution is -0.153. The summed E-state index contributed by atoms with van der Waals surface area (Å²) in [5.41, 5.74) is 6.10. The van der Waals surface area contributed by atoms with E-state index in [1.54, 1.807) is 13.8 Å². The fourth-order valence-electron chi connectivity index (χ4n) is 10.2. The average molecular weight is 973 g/mol. The van der Waals surface area contributed by atoms with Crippen LogP contribution in [0.25, 0.3) is 11.1 Å². The van der Waals surface area contributed by atoms with Gasteiger partial charge >= 0.3 is 30.4 Å². The zero-order valence-electron chi connectivity index (χ0n) is 42.1. The molecule has 4 aliphatic rings. The Hall–Kier alpha value is -5.53. The second kappa shape index (κ2) is 26.6. The van der Waals surface area contributed by atoms with Crippen molar-refractivity contribution in [2.45, 2.75) is 136 Å². The van der Waals surface area contributed by atoms with E-state index in [1.165, 1.54) is 62.5 Å². The second-order valence-corrected chi connectivity index (χ2v) is 20.3. The van der Waals surface area contributed by atoms with Crippen LogP contribution >= 0.6 is 0 Å². The van der Waals surface area contributed by atoms with E-state index < -0.39 is 35.8 Å². The standard InChI is InChI=1S/C56H76O14/c1-7-9-10-13-39-18-20-44(21-19-39)45-22-23-49(43(8-2)24-45)48-25-46(16-11-14-40-28-62-53(59)63-29-40)50(47(26-48)17-12-15-41-30-64-54(60)65-31-41)68-34-56(35-69-51(57)37(3)4,36-70-52(58)38(5)6)27-42-32-66-55(61)67-33-42/h22-26,39-42,44H,3,5,7-21,27-36H2,1-2,4,6H3. The number of cyclic esters (lactones) is 6. The molecule has 0 unspecified atom stereocenters. The van der Waals surface area contributed by atoms with Crippen LogP contribution in [0, 0.1) is 29.1 Å². The Balaban J connectivity index is 1.38. The van der Waals surface area contributed by atoms with Crippen molar-refractivity contribution in [3.63, 3.8) is 0 Å². The number of ether oxygens (including phenoxy) is 9. The summed E-state index contributed by atoms with van der Waals surface area (Å²) in [6.45, 7) is 15.9. The molecule has 3 aliphatic heterocycles. The molecule has 0 bridgehead atoms. The predicted molar refractivity (Wildman–Crippen MR) is 262 cm³/mol. The van der Waals surface area contributed by atoms with Gasteiger partial charge in [0.15, 0.2) is 0 Å². The normalized spacial score (nSPS) is 19.1. The van der Waals surface area contributed by atoms with Crippen molar-refractivity contribution in [3.05, 3.63) is 76.9 Å². The molecule has 6 rings (SSSR count). The minimum atomic E-state index is -1.15. The van der Waals surface area contributed by atoms with E-state index in [0.717, 1.165) is 60.3 Å². The highest BCUT2D eigenvalue weighted by Gasteiger charge is 2.40. The zero-order valence-corrected chi connectivity index (χ0v) is 42.1. The van der Waals surface area contributed by atoms with Crippen LogP contribution in [0.15, 0.2) is 54.6 Å². The van der Waals surface area contributed by atoms with Crippen molar-refractivity contribution in [1.82, 2.24) is 0 Å². The van der Waals surface area contributed by atoms with Crippen molar-refractivity contribution >= 4 is 30.4 Å². The number of hydrogen-bond acceptors (Lipinski definition) is 14. The van der Waals surface area contributed by atoms with Crippen molar-refractivity contribution in [3.8, 4) is 16.9 Å². The van der Waals surface area contributed by atoms with Crippen LogP contribution in [0.3, 0.4) is 0 Å². The third-order valence-electron chi connectivity index (χ3n) is 14.3. The van der Waals surface area contributed by atoms with Crippen molar-refractivity contribution in [1.29, 1.82) is 0 Å². The number of rotatable bonds is 26. The SMILES string of the molecule is C=C(C)C(=O)OCC(COC(=O)C(=C)C)(COc1c(CCCC2COC(=O)OC2)cc(-c2ccc(C3CCC(CCCCC)CC3)cc2CC)cc1CCCC1COC(=O)OC1)CC1COC(=O)OC1. The van der Waals surface area contributed by atoms with Crippen LogP contribution in [-0.4, -0.2) is 89.9 Å². The van der Waals surface area contributed by atoms with E-state index in [2.05, 4.69) is 57.3 Å². The maximum Gasteiger partial charge on any atom is 0.508 e. The first-order chi connectivity index (χ1) is 33.7. The number of carbonyl (C=O) groups is 5. The lowest BCUT2D eigenvalue weighted by Crippen LogP contribution is -2.44. The summed E-state index contributed by atoms with van der Waals surface area (Å²) in [5.74, 6) is 0.539. The fraction of sp³-hybridized carbons (Fsp3) is 0.625. The maximum absolute atomic E-state index is 13.0. The van der Waals surface area contributed by atoms with Gasteiger partial charge in [-0.1, -0.05) is 70.9 Å². The quantitative estimate of drug-likeness (QED) is 0.0378. The molecule has 14 nitrogen and oxygen atoms in total. The van der Waals surface area contributed by atoms with E-state index in [-0.39, 0.29) is 94.8 Å². The van der Waals surface area contributed by atoms with E-state index >= 15 is 0 Å². The van der Waals surface area contributed by atoms with E-state index in [1.807, 2.05) is 0 Å². The minimum absolute atomic E-state index is 0.0349. The first-order valence-corrected chi connectivity index (χ1v) is 25.7. The van der Waals surface area contributed by atoms with Gasteiger partial charge in [-0.2, -0.15) is 0 Å². The molecule has 0 aromatic heterocycles. The number of aryl methyl sites for hydroxylation is 3. The highest BCUT2D eigenvalue weighted by Crippen LogP contribution is 2.42. The molecule has 0 atom stereocenters. The van der Waals surface area contributed by atoms with E-state index in [9.17, 15) is 24.0 Å². The van der Waals surface area contributed by atoms with Gasteiger partial charge in [-0.3, -0.25) is 0 Å². The van der Waals surface area contributed by atoms with Gasteiger partial charge in [-0.25, -0.2) is 24.0 Å². The summed E-state index contributed by atoms with van der Waals surface area (Å²) in [7, 11) is 0. The molecule has 3 heterocycles. The minimum Gasteiger partial charge on any atom is -0.492 e. The van der Waals surface area contributed by atoms with Gasteiger partial charge in [-0.15, -0.1) is 0 Å². The Kier molecular flexibility index (Phi) is 20.5. The number of esters is 2. The van der Waals surface area contributed by atoms with Crippen molar-refractivity contribution in [2.24, 2.45) is 29.1 Å². The molecule has 2 aromatic rings. The molecule has 70 heavy (non-hydrogen) atoms. The molecule has 384 valence electrons. The van der Waals surface area contributed by atoms with Crippen LogP contribution in [-0.2, 0) is 66.7 Å². The highest BCUT2D eigenvalue weighted by molar-refractivity contribution is 5.87. The highest BCUT2D eigenvalue weighted by atomic mass is 16.7.